The largest absolute Gasteiger partial charge is 0.478 e. The molecule has 0 radical (unpaired) electrons. The number of thiazole rings is 1. The van der Waals surface area contributed by atoms with Gasteiger partial charge in [-0.3, -0.25) is 19.0 Å². The second-order valence-corrected chi connectivity index (χ2v) is 9.73. The number of hydrogen-bond donors (Lipinski definition) is 4. The van der Waals surface area contributed by atoms with Crippen molar-refractivity contribution in [2.75, 3.05) is 11.7 Å². The summed E-state index contributed by atoms with van der Waals surface area (Å²) in [5, 5.41) is 17.4. The summed E-state index contributed by atoms with van der Waals surface area (Å²) in [6.07, 6.45) is 0. The number of carboxylic acids is 1. The van der Waals surface area contributed by atoms with Crippen LogP contribution in [0.1, 0.15) is 33.4 Å². The van der Waals surface area contributed by atoms with E-state index in [9.17, 15) is 22.8 Å². The van der Waals surface area contributed by atoms with Gasteiger partial charge in [0.15, 0.2) is 10.8 Å². The molecule has 14 nitrogen and oxygen atoms in total. The van der Waals surface area contributed by atoms with Gasteiger partial charge < -0.3 is 21.0 Å². The van der Waals surface area contributed by atoms with E-state index in [1.165, 1.54) is 33.1 Å². The van der Waals surface area contributed by atoms with Crippen molar-refractivity contribution in [2.45, 2.75) is 44.9 Å². The molecule has 5 N–H and O–H groups in total. The zero-order valence-corrected chi connectivity index (χ0v) is 18.5. The quantitative estimate of drug-likeness (QED) is 0.149. The Labute approximate surface area is 180 Å². The number of nitrogen functional groups attached to an aromatic ring is 1. The zero-order valence-electron chi connectivity index (χ0n) is 16.8. The highest BCUT2D eigenvalue weighted by Gasteiger charge is 2.57. The van der Waals surface area contributed by atoms with Crippen LogP contribution in [-0.2, 0) is 34.2 Å². The number of nitrogens with one attached hydrogen (secondary N) is 1. The van der Waals surface area contributed by atoms with Crippen molar-refractivity contribution in [1.29, 1.82) is 0 Å². The molecular formula is C15H21N5O9S2. The fourth-order valence-electron chi connectivity index (χ4n) is 2.34. The molecule has 2 amide bonds. The van der Waals surface area contributed by atoms with Gasteiger partial charge in [0.2, 0.25) is 11.5 Å². The van der Waals surface area contributed by atoms with Gasteiger partial charge in [-0.05, 0) is 27.7 Å². The molecule has 0 aromatic carbocycles. The number of oxime groups is 1. The minimum atomic E-state index is -4.49. The number of β-lactam (4-membered cyclic amide) rings is 1. The van der Waals surface area contributed by atoms with Crippen molar-refractivity contribution in [3.8, 4) is 0 Å². The monoisotopic (exact) mass is 479 g/mol. The number of anilines is 1. The van der Waals surface area contributed by atoms with E-state index >= 15 is 0 Å². The number of rotatable bonds is 9. The molecule has 0 aliphatic carbocycles. The number of carboxylic acid groups (broad SMARTS) is 1. The fourth-order valence-corrected chi connectivity index (χ4v) is 3.13. The van der Waals surface area contributed by atoms with E-state index < -0.39 is 56.7 Å². The number of aliphatic carboxylic acids is 1. The summed E-state index contributed by atoms with van der Waals surface area (Å²) in [6, 6.07) is -1.16. The normalized spacial score (nSPS) is 19.0. The predicted octanol–water partition coefficient (Wildman–Crippen LogP) is -0.808. The third-order valence-electron chi connectivity index (χ3n) is 4.14. The average molecular weight is 479 g/mol. The van der Waals surface area contributed by atoms with Crippen LogP contribution in [0, 0.1) is 0 Å². The molecule has 1 saturated heterocycles. The summed E-state index contributed by atoms with van der Waals surface area (Å²) in [7, 11) is -4.49. The van der Waals surface area contributed by atoms with Crippen LogP contribution >= 0.6 is 11.3 Å². The van der Waals surface area contributed by atoms with Crippen LogP contribution in [-0.4, -0.2) is 74.7 Å². The average Bonchev–Trinajstić information content (AvgIpc) is 3.04. The zero-order chi connectivity index (χ0) is 23.8. The van der Waals surface area contributed by atoms with E-state index in [-0.39, 0.29) is 10.8 Å². The van der Waals surface area contributed by atoms with Crippen LogP contribution in [0.3, 0.4) is 0 Å². The van der Waals surface area contributed by atoms with Gasteiger partial charge in [-0.1, -0.05) is 5.16 Å². The lowest BCUT2D eigenvalue weighted by atomic mass is 9.84. The first-order valence-corrected chi connectivity index (χ1v) is 11.0. The molecule has 1 aromatic heterocycles. The molecule has 172 valence electrons. The standard InChI is InChI=1S/C15H21N5O9S2/c1-14(2)9(11(22)20(14)28-6-31(25,26)27)18-10(21)8(7-5-30-13(16)17-7)19-29-15(3,4)12(23)24/h5,9H,6H2,1-4H3,(H2,16,17)(H,18,21)(H,23,24)(H,25,26,27)/t9-/m1/s1. The smallest absolute Gasteiger partial charge is 0.350 e. The molecule has 1 aromatic rings. The lowest BCUT2D eigenvalue weighted by Crippen LogP contribution is -2.76. The van der Waals surface area contributed by atoms with Crippen LogP contribution in [0.25, 0.3) is 0 Å². The Hall–Kier alpha value is -2.82. The van der Waals surface area contributed by atoms with Crippen LogP contribution in [0.2, 0.25) is 0 Å². The molecule has 2 heterocycles. The number of carbonyl (C=O) groups excluding carboxylic acids is 2. The summed E-state index contributed by atoms with van der Waals surface area (Å²) in [5.74, 6) is -4.19. The lowest BCUT2D eigenvalue weighted by Gasteiger charge is -2.51. The molecule has 0 saturated carbocycles. The van der Waals surface area contributed by atoms with E-state index in [1.54, 1.807) is 0 Å². The summed E-state index contributed by atoms with van der Waals surface area (Å²) in [5.41, 5.74) is 2.18. The van der Waals surface area contributed by atoms with Gasteiger partial charge in [0.25, 0.3) is 21.9 Å². The summed E-state index contributed by atoms with van der Waals surface area (Å²) in [6.45, 7) is 5.38. The maximum absolute atomic E-state index is 12.8. The van der Waals surface area contributed by atoms with Gasteiger partial charge in [0.1, 0.15) is 11.7 Å². The molecule has 1 atom stereocenters. The first kappa shape index (κ1) is 24.4. The van der Waals surface area contributed by atoms with Crippen LogP contribution in [0.5, 0.6) is 0 Å². The van der Waals surface area contributed by atoms with Crippen LogP contribution in [0.4, 0.5) is 5.13 Å². The predicted molar refractivity (Wildman–Crippen MR) is 106 cm³/mol. The first-order chi connectivity index (χ1) is 14.1. The number of nitrogens with two attached hydrogens (primary N) is 1. The molecule has 0 bridgehead atoms. The molecule has 31 heavy (non-hydrogen) atoms. The number of hydrogen-bond acceptors (Lipinski definition) is 11. The van der Waals surface area contributed by atoms with Crippen molar-refractivity contribution < 1.29 is 42.1 Å². The molecule has 1 fully saturated rings. The van der Waals surface area contributed by atoms with Crippen LogP contribution < -0.4 is 11.1 Å². The Morgan fingerprint density at radius 3 is 2.52 bits per heavy atom. The van der Waals surface area contributed by atoms with Crippen LogP contribution in [0.15, 0.2) is 10.5 Å². The number of nitrogens with zero attached hydrogens (tertiary/aromatic N) is 3. The van der Waals surface area contributed by atoms with Gasteiger partial charge in [-0.25, -0.2) is 14.8 Å². The minimum Gasteiger partial charge on any atom is -0.478 e. The maximum atomic E-state index is 12.8. The Kier molecular flexibility index (Phi) is 6.60. The third-order valence-corrected chi connectivity index (χ3v) is 5.22. The molecule has 2 rings (SSSR count). The Bertz CT molecular complexity index is 1030. The molecular weight excluding hydrogens is 458 g/mol. The summed E-state index contributed by atoms with van der Waals surface area (Å²) < 4.78 is 30.4. The maximum Gasteiger partial charge on any atom is 0.350 e. The van der Waals surface area contributed by atoms with E-state index in [1.807, 2.05) is 0 Å². The van der Waals surface area contributed by atoms with E-state index in [2.05, 4.69) is 15.5 Å². The second kappa shape index (κ2) is 8.37. The van der Waals surface area contributed by atoms with Gasteiger partial charge >= 0.3 is 5.97 Å². The topological polar surface area (TPSA) is 211 Å². The Morgan fingerprint density at radius 2 is 2.06 bits per heavy atom. The highest BCUT2D eigenvalue weighted by atomic mass is 32.2. The van der Waals surface area contributed by atoms with Gasteiger partial charge in [-0.15, -0.1) is 11.3 Å². The summed E-state index contributed by atoms with van der Waals surface area (Å²) in [4.78, 5) is 50.1. The molecule has 0 unspecified atom stereocenters. The first-order valence-electron chi connectivity index (χ1n) is 8.50. The highest BCUT2D eigenvalue weighted by Crippen LogP contribution is 2.32. The number of hydroxylamine groups is 2. The van der Waals surface area contributed by atoms with Crippen molar-refractivity contribution in [1.82, 2.24) is 15.4 Å². The number of carbonyl (C=O) groups is 3. The summed E-state index contributed by atoms with van der Waals surface area (Å²) >= 11 is 0.996. The lowest BCUT2D eigenvalue weighted by molar-refractivity contribution is -0.249. The fraction of sp³-hybridized carbons (Fsp3) is 0.533. The Balaban J connectivity index is 2.22. The molecule has 1 aliphatic rings. The Morgan fingerprint density at radius 1 is 1.45 bits per heavy atom. The molecule has 0 spiro atoms. The van der Waals surface area contributed by atoms with Gasteiger partial charge in [0, 0.05) is 5.38 Å². The van der Waals surface area contributed by atoms with Gasteiger partial charge in [-0.2, -0.15) is 8.42 Å². The van der Waals surface area contributed by atoms with E-state index in [0.29, 0.717) is 5.06 Å². The minimum absolute atomic E-state index is 0.00903. The van der Waals surface area contributed by atoms with E-state index in [4.69, 9.17) is 25.1 Å². The second-order valence-electron chi connectivity index (χ2n) is 7.44. The molecule has 16 heteroatoms. The number of aromatic nitrogens is 1. The third kappa shape index (κ3) is 5.46. The van der Waals surface area contributed by atoms with Crippen molar-refractivity contribution >= 4 is 50.1 Å². The molecule has 1 aliphatic heterocycles. The van der Waals surface area contributed by atoms with Gasteiger partial charge in [0.05, 0.1) is 5.54 Å². The SMILES string of the molecule is CC(C)(ON=C(C(=O)N[C@@H]1C(=O)N(OCS(=O)(=O)O)C1(C)C)c1csc(N)n1)C(=O)O. The van der Waals surface area contributed by atoms with Crippen molar-refractivity contribution in [2.24, 2.45) is 5.16 Å². The van der Waals surface area contributed by atoms with E-state index in [0.717, 1.165) is 11.3 Å². The van der Waals surface area contributed by atoms with Crippen molar-refractivity contribution in [3.05, 3.63) is 11.1 Å². The van der Waals surface area contributed by atoms with Crippen molar-refractivity contribution in [3.63, 3.8) is 0 Å². The highest BCUT2D eigenvalue weighted by molar-refractivity contribution is 7.85. The number of amides is 2.